The number of aliphatic hydroxyl groups is 2. The van der Waals surface area contributed by atoms with Gasteiger partial charge in [0.25, 0.3) is 0 Å². The first-order chi connectivity index (χ1) is 7.92. The molecule has 1 rings (SSSR count). The fourth-order valence-corrected chi connectivity index (χ4v) is 2.14. The molecule has 0 saturated heterocycles. The molecule has 0 saturated carbocycles. The van der Waals surface area contributed by atoms with Gasteiger partial charge in [0, 0.05) is 6.42 Å². The minimum Gasteiger partial charge on any atom is -0.390 e. The fraction of sp³-hybridized carbons (Fsp3) is 0.600. The summed E-state index contributed by atoms with van der Waals surface area (Å²) in [7, 11) is 0. The van der Waals surface area contributed by atoms with Crippen molar-refractivity contribution < 1.29 is 10.2 Å². The standard InChI is InChI=1S/C15H24O2/c1-5-15(17,6-2)14(16)10-13-9-11(3)7-8-12(13)4/h7-9,14,16-17H,5-6,10H2,1-4H3. The van der Waals surface area contributed by atoms with Crippen LogP contribution < -0.4 is 0 Å². The summed E-state index contributed by atoms with van der Waals surface area (Å²) in [4.78, 5) is 0. The van der Waals surface area contributed by atoms with Gasteiger partial charge < -0.3 is 10.2 Å². The van der Waals surface area contributed by atoms with Crippen LogP contribution in [0.15, 0.2) is 18.2 Å². The van der Waals surface area contributed by atoms with E-state index in [4.69, 9.17) is 0 Å². The molecule has 1 aromatic carbocycles. The summed E-state index contributed by atoms with van der Waals surface area (Å²) >= 11 is 0. The Morgan fingerprint density at radius 3 is 2.29 bits per heavy atom. The second-order valence-electron chi connectivity index (χ2n) is 4.96. The van der Waals surface area contributed by atoms with E-state index in [9.17, 15) is 10.2 Å². The highest BCUT2D eigenvalue weighted by molar-refractivity contribution is 5.31. The molecular formula is C15H24O2. The van der Waals surface area contributed by atoms with Gasteiger partial charge in [-0.1, -0.05) is 37.6 Å². The van der Waals surface area contributed by atoms with E-state index in [2.05, 4.69) is 18.2 Å². The lowest BCUT2D eigenvalue weighted by Crippen LogP contribution is -2.42. The molecule has 0 amide bonds. The second kappa shape index (κ2) is 5.65. The number of aliphatic hydroxyl groups excluding tert-OH is 1. The molecule has 1 atom stereocenters. The molecule has 2 N–H and O–H groups in total. The van der Waals surface area contributed by atoms with Gasteiger partial charge in [-0.3, -0.25) is 0 Å². The van der Waals surface area contributed by atoms with Crippen LogP contribution in [-0.4, -0.2) is 21.9 Å². The maximum absolute atomic E-state index is 10.3. The molecule has 1 unspecified atom stereocenters. The van der Waals surface area contributed by atoms with E-state index in [1.807, 2.05) is 27.7 Å². The molecule has 2 nitrogen and oxygen atoms in total. The van der Waals surface area contributed by atoms with Crippen LogP contribution >= 0.6 is 0 Å². The molecule has 0 spiro atoms. The van der Waals surface area contributed by atoms with Crippen molar-refractivity contribution in [2.24, 2.45) is 0 Å². The zero-order chi connectivity index (χ0) is 13.1. The summed E-state index contributed by atoms with van der Waals surface area (Å²) in [6.07, 6.45) is 0.981. The summed E-state index contributed by atoms with van der Waals surface area (Å²) in [5, 5.41) is 20.5. The summed E-state index contributed by atoms with van der Waals surface area (Å²) in [6.45, 7) is 7.91. The third-order valence-corrected chi connectivity index (χ3v) is 3.76. The molecule has 0 fully saturated rings. The molecular weight excluding hydrogens is 212 g/mol. The van der Waals surface area contributed by atoms with Gasteiger partial charge in [-0.15, -0.1) is 0 Å². The minimum absolute atomic E-state index is 0.520. The van der Waals surface area contributed by atoms with Crippen molar-refractivity contribution in [1.29, 1.82) is 0 Å². The van der Waals surface area contributed by atoms with Crippen LogP contribution in [0, 0.1) is 13.8 Å². The first kappa shape index (κ1) is 14.2. The molecule has 96 valence electrons. The SMILES string of the molecule is CCC(O)(CC)C(O)Cc1cc(C)ccc1C. The lowest BCUT2D eigenvalue weighted by Gasteiger charge is -2.31. The van der Waals surface area contributed by atoms with Crippen LogP contribution in [0.25, 0.3) is 0 Å². The fourth-order valence-electron chi connectivity index (χ4n) is 2.14. The molecule has 0 radical (unpaired) electrons. The number of hydrogen-bond donors (Lipinski definition) is 2. The summed E-state index contributed by atoms with van der Waals surface area (Å²) in [6, 6.07) is 6.22. The van der Waals surface area contributed by atoms with Gasteiger partial charge in [-0.05, 0) is 37.8 Å². The van der Waals surface area contributed by atoms with Crippen molar-refractivity contribution in [3.05, 3.63) is 34.9 Å². The van der Waals surface area contributed by atoms with Crippen LogP contribution in [0.3, 0.4) is 0 Å². The summed E-state index contributed by atoms with van der Waals surface area (Å²) < 4.78 is 0. The highest BCUT2D eigenvalue weighted by Crippen LogP contribution is 2.24. The highest BCUT2D eigenvalue weighted by atomic mass is 16.3. The Morgan fingerprint density at radius 1 is 1.18 bits per heavy atom. The van der Waals surface area contributed by atoms with Crippen molar-refractivity contribution in [3.8, 4) is 0 Å². The Hall–Kier alpha value is -0.860. The van der Waals surface area contributed by atoms with Crippen molar-refractivity contribution in [1.82, 2.24) is 0 Å². The molecule has 17 heavy (non-hydrogen) atoms. The van der Waals surface area contributed by atoms with Crippen LogP contribution in [-0.2, 0) is 6.42 Å². The Balaban J connectivity index is 2.87. The maximum atomic E-state index is 10.3. The van der Waals surface area contributed by atoms with Crippen LogP contribution in [0.2, 0.25) is 0 Å². The van der Waals surface area contributed by atoms with E-state index in [-0.39, 0.29) is 0 Å². The number of rotatable bonds is 5. The van der Waals surface area contributed by atoms with E-state index in [0.29, 0.717) is 19.3 Å². The van der Waals surface area contributed by atoms with E-state index >= 15 is 0 Å². The quantitative estimate of drug-likeness (QED) is 0.825. The second-order valence-corrected chi connectivity index (χ2v) is 4.96. The molecule has 0 aliphatic carbocycles. The predicted octanol–water partition coefficient (Wildman–Crippen LogP) is 2.76. The van der Waals surface area contributed by atoms with Gasteiger partial charge in [-0.25, -0.2) is 0 Å². The molecule has 0 heterocycles. The van der Waals surface area contributed by atoms with E-state index < -0.39 is 11.7 Å². The monoisotopic (exact) mass is 236 g/mol. The van der Waals surface area contributed by atoms with Crippen LogP contribution in [0.1, 0.15) is 43.4 Å². The Bertz CT molecular complexity index is 367. The minimum atomic E-state index is -0.962. The van der Waals surface area contributed by atoms with Crippen molar-refractivity contribution in [2.45, 2.75) is 58.7 Å². The summed E-state index contributed by atoms with van der Waals surface area (Å²) in [5.41, 5.74) is 2.52. The van der Waals surface area contributed by atoms with Gasteiger partial charge in [0.05, 0.1) is 11.7 Å². The van der Waals surface area contributed by atoms with Gasteiger partial charge >= 0.3 is 0 Å². The Morgan fingerprint density at radius 2 is 1.76 bits per heavy atom. The highest BCUT2D eigenvalue weighted by Gasteiger charge is 2.31. The van der Waals surface area contributed by atoms with Crippen molar-refractivity contribution in [2.75, 3.05) is 0 Å². The Kier molecular flexibility index (Phi) is 4.72. The Labute approximate surface area is 104 Å². The largest absolute Gasteiger partial charge is 0.390 e. The molecule has 0 aliphatic rings. The molecule has 0 aliphatic heterocycles. The topological polar surface area (TPSA) is 40.5 Å². The average molecular weight is 236 g/mol. The van der Waals surface area contributed by atoms with E-state index in [1.54, 1.807) is 0 Å². The predicted molar refractivity (Wildman–Crippen MR) is 71.2 cm³/mol. The molecule has 2 heteroatoms. The van der Waals surface area contributed by atoms with E-state index in [0.717, 1.165) is 5.56 Å². The van der Waals surface area contributed by atoms with Crippen LogP contribution in [0.5, 0.6) is 0 Å². The average Bonchev–Trinajstić information content (AvgIpc) is 2.32. The third kappa shape index (κ3) is 3.30. The lowest BCUT2D eigenvalue weighted by molar-refractivity contribution is -0.0790. The van der Waals surface area contributed by atoms with E-state index in [1.165, 1.54) is 11.1 Å². The zero-order valence-electron chi connectivity index (χ0n) is 11.3. The normalized spacial score (nSPS) is 13.8. The molecule has 1 aromatic rings. The van der Waals surface area contributed by atoms with Crippen molar-refractivity contribution in [3.63, 3.8) is 0 Å². The number of hydrogen-bond acceptors (Lipinski definition) is 2. The number of benzene rings is 1. The molecule has 0 aromatic heterocycles. The maximum Gasteiger partial charge on any atom is 0.0903 e. The van der Waals surface area contributed by atoms with Crippen molar-refractivity contribution >= 4 is 0 Å². The lowest BCUT2D eigenvalue weighted by atomic mass is 9.86. The van der Waals surface area contributed by atoms with Gasteiger partial charge in [0.2, 0.25) is 0 Å². The van der Waals surface area contributed by atoms with Gasteiger partial charge in [0.1, 0.15) is 0 Å². The van der Waals surface area contributed by atoms with Crippen LogP contribution in [0.4, 0.5) is 0 Å². The first-order valence-corrected chi connectivity index (χ1v) is 6.39. The molecule has 0 bridgehead atoms. The first-order valence-electron chi connectivity index (χ1n) is 6.39. The van der Waals surface area contributed by atoms with Gasteiger partial charge in [0.15, 0.2) is 0 Å². The number of aryl methyl sites for hydroxylation is 2. The smallest absolute Gasteiger partial charge is 0.0903 e. The van der Waals surface area contributed by atoms with Gasteiger partial charge in [-0.2, -0.15) is 0 Å². The zero-order valence-corrected chi connectivity index (χ0v) is 11.3. The third-order valence-electron chi connectivity index (χ3n) is 3.76. The summed E-state index contributed by atoms with van der Waals surface area (Å²) in [5.74, 6) is 0.